The summed E-state index contributed by atoms with van der Waals surface area (Å²) in [5, 5.41) is 4.07. The molecule has 1 N–H and O–H groups in total. The quantitative estimate of drug-likeness (QED) is 0.745. The number of anilines is 1. The molecule has 0 saturated heterocycles. The number of ether oxygens (including phenoxy) is 2. The number of methoxy groups -OCH3 is 2. The average molecular weight is 327 g/mol. The Balaban J connectivity index is 1.71. The number of nitrogens with zero attached hydrogens (tertiary/aromatic N) is 2. The minimum absolute atomic E-state index is 0.608. The molecular formula is C17H17N3O2S. The van der Waals surface area contributed by atoms with E-state index in [9.17, 15) is 0 Å². The van der Waals surface area contributed by atoms with E-state index in [4.69, 9.17) is 9.47 Å². The van der Waals surface area contributed by atoms with Crippen molar-refractivity contribution in [1.29, 1.82) is 0 Å². The molecule has 118 valence electrons. The Bertz CT molecular complexity index is 775. The van der Waals surface area contributed by atoms with E-state index in [-0.39, 0.29) is 0 Å². The van der Waals surface area contributed by atoms with Crippen molar-refractivity contribution in [2.75, 3.05) is 19.5 Å². The van der Waals surface area contributed by atoms with Crippen LogP contribution in [0.1, 0.15) is 5.56 Å². The Kier molecular flexibility index (Phi) is 4.73. The summed E-state index contributed by atoms with van der Waals surface area (Å²) < 4.78 is 15.0. The fourth-order valence-electron chi connectivity index (χ4n) is 2.17. The van der Waals surface area contributed by atoms with Gasteiger partial charge < -0.3 is 14.8 Å². The highest BCUT2D eigenvalue weighted by Crippen LogP contribution is 2.26. The third-order valence-corrected chi connectivity index (χ3v) is 4.06. The summed E-state index contributed by atoms with van der Waals surface area (Å²) >= 11 is 1.35. The monoisotopic (exact) mass is 327 g/mol. The van der Waals surface area contributed by atoms with Crippen LogP contribution in [0.15, 0.2) is 48.5 Å². The lowest BCUT2D eigenvalue weighted by molar-refractivity contribution is 0.391. The zero-order valence-corrected chi connectivity index (χ0v) is 13.8. The molecule has 0 atom stereocenters. The van der Waals surface area contributed by atoms with Crippen molar-refractivity contribution in [1.82, 2.24) is 9.36 Å². The first kappa shape index (κ1) is 15.3. The molecule has 3 rings (SSSR count). The lowest BCUT2D eigenvalue weighted by Crippen LogP contribution is -2.01. The van der Waals surface area contributed by atoms with Crippen LogP contribution in [0.25, 0.3) is 11.4 Å². The van der Waals surface area contributed by atoms with Crippen molar-refractivity contribution in [3.63, 3.8) is 0 Å². The van der Waals surface area contributed by atoms with Gasteiger partial charge in [-0.25, -0.2) is 0 Å². The SMILES string of the molecule is COc1ccc(CNc2nc(-c3ccccc3)ns2)c(OC)c1. The smallest absolute Gasteiger partial charge is 0.203 e. The van der Waals surface area contributed by atoms with Gasteiger partial charge in [0.05, 0.1) is 14.2 Å². The van der Waals surface area contributed by atoms with Crippen molar-refractivity contribution in [3.8, 4) is 22.9 Å². The average Bonchev–Trinajstić information content (AvgIpc) is 3.09. The Morgan fingerprint density at radius 3 is 2.61 bits per heavy atom. The molecule has 0 saturated carbocycles. The summed E-state index contributed by atoms with van der Waals surface area (Å²) in [7, 11) is 3.29. The fourth-order valence-corrected chi connectivity index (χ4v) is 2.75. The van der Waals surface area contributed by atoms with Crippen molar-refractivity contribution in [2.45, 2.75) is 6.54 Å². The summed E-state index contributed by atoms with van der Waals surface area (Å²) in [5.74, 6) is 2.29. The number of hydrogen-bond acceptors (Lipinski definition) is 6. The van der Waals surface area contributed by atoms with E-state index in [1.54, 1.807) is 14.2 Å². The first-order valence-corrected chi connectivity index (χ1v) is 7.91. The molecule has 0 aliphatic heterocycles. The van der Waals surface area contributed by atoms with Gasteiger partial charge in [-0.15, -0.1) is 0 Å². The molecule has 3 aromatic rings. The lowest BCUT2D eigenvalue weighted by Gasteiger charge is -2.10. The van der Waals surface area contributed by atoms with Gasteiger partial charge in [0.15, 0.2) is 5.82 Å². The van der Waals surface area contributed by atoms with E-state index in [0.29, 0.717) is 6.54 Å². The van der Waals surface area contributed by atoms with E-state index in [2.05, 4.69) is 14.7 Å². The zero-order valence-electron chi connectivity index (χ0n) is 12.9. The summed E-state index contributed by atoms with van der Waals surface area (Å²) in [6.07, 6.45) is 0. The lowest BCUT2D eigenvalue weighted by atomic mass is 10.2. The molecule has 0 bridgehead atoms. The molecule has 5 nitrogen and oxygen atoms in total. The van der Waals surface area contributed by atoms with Crippen LogP contribution >= 0.6 is 11.5 Å². The molecule has 1 aromatic heterocycles. The summed E-state index contributed by atoms with van der Waals surface area (Å²) in [4.78, 5) is 4.52. The molecule has 23 heavy (non-hydrogen) atoms. The second-order valence-electron chi connectivity index (χ2n) is 4.82. The van der Waals surface area contributed by atoms with Gasteiger partial charge in [0.25, 0.3) is 0 Å². The van der Waals surface area contributed by atoms with Gasteiger partial charge in [0.2, 0.25) is 5.13 Å². The van der Waals surface area contributed by atoms with Crippen molar-refractivity contribution < 1.29 is 9.47 Å². The number of rotatable bonds is 6. The van der Waals surface area contributed by atoms with Crippen LogP contribution in [-0.4, -0.2) is 23.6 Å². The van der Waals surface area contributed by atoms with E-state index < -0.39 is 0 Å². The molecule has 1 heterocycles. The van der Waals surface area contributed by atoms with E-state index in [0.717, 1.165) is 33.6 Å². The molecule has 0 aliphatic carbocycles. The van der Waals surface area contributed by atoms with Crippen molar-refractivity contribution in [2.24, 2.45) is 0 Å². The van der Waals surface area contributed by atoms with Gasteiger partial charge in [0, 0.05) is 35.3 Å². The highest BCUT2D eigenvalue weighted by molar-refractivity contribution is 7.09. The number of aromatic nitrogens is 2. The maximum Gasteiger partial charge on any atom is 0.203 e. The standard InChI is InChI=1S/C17H17N3O2S/c1-21-14-9-8-13(15(10-14)22-2)11-18-17-19-16(20-23-17)12-6-4-3-5-7-12/h3-10H,11H2,1-2H3,(H,18,19,20). The van der Waals surface area contributed by atoms with Gasteiger partial charge in [-0.2, -0.15) is 9.36 Å². The van der Waals surface area contributed by atoms with Gasteiger partial charge in [-0.3, -0.25) is 0 Å². The minimum atomic E-state index is 0.608. The first-order chi connectivity index (χ1) is 11.3. The molecule has 0 amide bonds. The molecule has 6 heteroatoms. The van der Waals surface area contributed by atoms with Crippen LogP contribution in [0.3, 0.4) is 0 Å². The maximum absolute atomic E-state index is 5.40. The third-order valence-electron chi connectivity index (χ3n) is 3.38. The van der Waals surface area contributed by atoms with Crippen LogP contribution in [0.5, 0.6) is 11.5 Å². The summed E-state index contributed by atoms with van der Waals surface area (Å²) in [6, 6.07) is 15.7. The van der Waals surface area contributed by atoms with Gasteiger partial charge in [-0.05, 0) is 12.1 Å². The largest absolute Gasteiger partial charge is 0.497 e. The second kappa shape index (κ2) is 7.11. The van der Waals surface area contributed by atoms with Crippen LogP contribution < -0.4 is 14.8 Å². The Morgan fingerprint density at radius 1 is 1.04 bits per heavy atom. The van der Waals surface area contributed by atoms with Crippen LogP contribution in [0.4, 0.5) is 5.13 Å². The summed E-state index contributed by atoms with van der Waals surface area (Å²) in [5.41, 5.74) is 2.04. The Morgan fingerprint density at radius 2 is 1.87 bits per heavy atom. The predicted molar refractivity (Wildman–Crippen MR) is 92.2 cm³/mol. The predicted octanol–water partition coefficient (Wildman–Crippen LogP) is 3.83. The molecule has 0 unspecified atom stereocenters. The normalized spacial score (nSPS) is 10.3. The Labute approximate surface area is 139 Å². The second-order valence-corrected chi connectivity index (χ2v) is 5.57. The van der Waals surface area contributed by atoms with Crippen molar-refractivity contribution in [3.05, 3.63) is 54.1 Å². The van der Waals surface area contributed by atoms with E-state index in [1.165, 1.54) is 11.5 Å². The van der Waals surface area contributed by atoms with Gasteiger partial charge in [-0.1, -0.05) is 30.3 Å². The zero-order chi connectivity index (χ0) is 16.1. The third kappa shape index (κ3) is 3.60. The maximum atomic E-state index is 5.40. The molecular weight excluding hydrogens is 310 g/mol. The van der Waals surface area contributed by atoms with E-state index >= 15 is 0 Å². The number of nitrogens with one attached hydrogen (secondary N) is 1. The van der Waals surface area contributed by atoms with Crippen LogP contribution in [0.2, 0.25) is 0 Å². The van der Waals surface area contributed by atoms with Crippen LogP contribution in [-0.2, 0) is 6.54 Å². The first-order valence-electron chi connectivity index (χ1n) is 7.14. The van der Waals surface area contributed by atoms with Crippen LogP contribution in [0, 0.1) is 0 Å². The molecule has 0 spiro atoms. The fraction of sp³-hybridized carbons (Fsp3) is 0.176. The van der Waals surface area contributed by atoms with E-state index in [1.807, 2.05) is 48.5 Å². The minimum Gasteiger partial charge on any atom is -0.497 e. The number of benzene rings is 2. The molecule has 0 radical (unpaired) electrons. The number of hydrogen-bond donors (Lipinski definition) is 1. The Hall–Kier alpha value is -2.60. The topological polar surface area (TPSA) is 56.3 Å². The van der Waals surface area contributed by atoms with Gasteiger partial charge >= 0.3 is 0 Å². The summed E-state index contributed by atoms with van der Waals surface area (Å²) in [6.45, 7) is 0.608. The molecule has 2 aromatic carbocycles. The molecule has 0 aliphatic rings. The van der Waals surface area contributed by atoms with Gasteiger partial charge in [0.1, 0.15) is 11.5 Å². The molecule has 0 fully saturated rings. The highest BCUT2D eigenvalue weighted by atomic mass is 32.1. The van der Waals surface area contributed by atoms with Crippen molar-refractivity contribution >= 4 is 16.7 Å². The highest BCUT2D eigenvalue weighted by Gasteiger charge is 2.08.